The Kier molecular flexibility index (Phi) is 6.56. The average molecular weight is 549 g/mol. The number of nitriles is 1. The lowest BCUT2D eigenvalue weighted by molar-refractivity contribution is -0.139. The van der Waals surface area contributed by atoms with E-state index in [2.05, 4.69) is 6.07 Å². The van der Waals surface area contributed by atoms with E-state index in [1.165, 1.54) is 12.1 Å². The Labute approximate surface area is 165 Å². The van der Waals surface area contributed by atoms with Crippen molar-refractivity contribution in [1.29, 1.82) is 5.26 Å². The third-order valence-electron chi connectivity index (χ3n) is 2.93. The van der Waals surface area contributed by atoms with E-state index in [1.807, 2.05) is 45.2 Å². The van der Waals surface area contributed by atoms with Gasteiger partial charge in [-0.2, -0.15) is 5.26 Å². The van der Waals surface area contributed by atoms with E-state index in [1.54, 1.807) is 30.3 Å². The Balaban J connectivity index is 2.38. The van der Waals surface area contributed by atoms with Crippen LogP contribution in [0.15, 0.2) is 36.4 Å². The molecule has 0 radical (unpaired) electrons. The number of carboxylic acids is 1. The maximum absolute atomic E-state index is 13.3. The molecular formula is C17H10FI2NO3. The van der Waals surface area contributed by atoms with Gasteiger partial charge in [0.15, 0.2) is 6.61 Å². The van der Waals surface area contributed by atoms with Crippen molar-refractivity contribution in [3.63, 3.8) is 0 Å². The highest BCUT2D eigenvalue weighted by Crippen LogP contribution is 2.30. The lowest BCUT2D eigenvalue weighted by Gasteiger charge is -2.10. The first-order valence-corrected chi connectivity index (χ1v) is 8.78. The van der Waals surface area contributed by atoms with Crippen molar-refractivity contribution in [1.82, 2.24) is 0 Å². The molecule has 0 aromatic heterocycles. The van der Waals surface area contributed by atoms with Crippen LogP contribution >= 0.6 is 45.2 Å². The summed E-state index contributed by atoms with van der Waals surface area (Å²) in [5, 5.41) is 18.0. The van der Waals surface area contributed by atoms with Crippen LogP contribution in [-0.4, -0.2) is 17.7 Å². The highest BCUT2D eigenvalue weighted by Gasteiger charge is 2.11. The van der Waals surface area contributed by atoms with Gasteiger partial charge in [-0.3, -0.25) is 0 Å². The molecule has 0 spiro atoms. The standard InChI is InChI=1S/C17H10FI2NO3/c18-13-3-1-2-11(7-13)12(8-21)4-10-5-14(19)17(15(20)6-10)24-9-16(22)23/h1-7H,9H2,(H,22,23)/b12-4-. The minimum Gasteiger partial charge on any atom is -0.480 e. The fraction of sp³-hybridized carbons (Fsp3) is 0.0588. The predicted octanol–water partition coefficient (Wildman–Crippen LogP) is 4.56. The number of carbonyl (C=O) groups is 1. The molecule has 2 rings (SSSR count). The van der Waals surface area contributed by atoms with Gasteiger partial charge in [-0.05, 0) is 86.7 Å². The van der Waals surface area contributed by atoms with Crippen LogP contribution in [0.25, 0.3) is 11.6 Å². The third-order valence-corrected chi connectivity index (χ3v) is 4.53. The summed E-state index contributed by atoms with van der Waals surface area (Å²) in [5.41, 5.74) is 1.57. The molecule has 24 heavy (non-hydrogen) atoms. The Bertz CT molecular complexity index is 836. The second-order valence-corrected chi connectivity index (χ2v) is 7.00. The molecule has 0 bridgehead atoms. The van der Waals surface area contributed by atoms with Crippen LogP contribution in [0.1, 0.15) is 11.1 Å². The smallest absolute Gasteiger partial charge is 0.341 e. The fourth-order valence-corrected chi connectivity index (χ4v) is 4.07. The summed E-state index contributed by atoms with van der Waals surface area (Å²) < 4.78 is 20.0. The number of nitrogens with zero attached hydrogens (tertiary/aromatic N) is 1. The molecule has 1 N–H and O–H groups in total. The number of hydrogen-bond donors (Lipinski definition) is 1. The number of halogens is 3. The monoisotopic (exact) mass is 549 g/mol. The summed E-state index contributed by atoms with van der Waals surface area (Å²) in [4.78, 5) is 10.6. The van der Waals surface area contributed by atoms with E-state index in [0.29, 0.717) is 16.9 Å². The Morgan fingerprint density at radius 1 is 1.29 bits per heavy atom. The van der Waals surface area contributed by atoms with Crippen molar-refractivity contribution < 1.29 is 19.0 Å². The van der Waals surface area contributed by atoms with E-state index in [0.717, 1.165) is 12.7 Å². The predicted molar refractivity (Wildman–Crippen MR) is 105 cm³/mol. The topological polar surface area (TPSA) is 70.3 Å². The highest BCUT2D eigenvalue weighted by atomic mass is 127. The molecule has 0 atom stereocenters. The Hall–Kier alpha value is -1.67. The summed E-state index contributed by atoms with van der Waals surface area (Å²) in [6.45, 7) is -0.423. The maximum Gasteiger partial charge on any atom is 0.341 e. The van der Waals surface area contributed by atoms with Crippen molar-refractivity contribution in [2.24, 2.45) is 0 Å². The average Bonchev–Trinajstić information content (AvgIpc) is 2.51. The molecule has 122 valence electrons. The number of aliphatic carboxylic acids is 1. The molecule has 0 aliphatic rings. The summed E-state index contributed by atoms with van der Waals surface area (Å²) in [6, 6.07) is 11.4. The van der Waals surface area contributed by atoms with Gasteiger partial charge in [0.05, 0.1) is 18.8 Å². The van der Waals surface area contributed by atoms with Crippen LogP contribution in [0.5, 0.6) is 5.75 Å². The van der Waals surface area contributed by atoms with Crippen LogP contribution < -0.4 is 4.74 Å². The molecule has 2 aromatic carbocycles. The first kappa shape index (κ1) is 18.7. The van der Waals surface area contributed by atoms with Crippen LogP contribution in [0.4, 0.5) is 4.39 Å². The lowest BCUT2D eigenvalue weighted by atomic mass is 10.0. The molecule has 7 heteroatoms. The highest BCUT2D eigenvalue weighted by molar-refractivity contribution is 14.1. The molecule has 4 nitrogen and oxygen atoms in total. The van der Waals surface area contributed by atoms with Crippen molar-refractivity contribution in [3.05, 3.63) is 60.5 Å². The number of benzene rings is 2. The number of allylic oxidation sites excluding steroid dienone is 1. The fourth-order valence-electron chi connectivity index (χ4n) is 1.94. The van der Waals surface area contributed by atoms with Crippen molar-refractivity contribution in [2.75, 3.05) is 6.61 Å². The largest absolute Gasteiger partial charge is 0.480 e. The second kappa shape index (κ2) is 8.43. The quantitative estimate of drug-likeness (QED) is 0.338. The zero-order valence-electron chi connectivity index (χ0n) is 12.1. The Morgan fingerprint density at radius 3 is 2.50 bits per heavy atom. The summed E-state index contributed by atoms with van der Waals surface area (Å²) in [6.07, 6.45) is 1.65. The van der Waals surface area contributed by atoms with Crippen LogP contribution in [0, 0.1) is 24.3 Å². The SMILES string of the molecule is N#C/C(=C/c1cc(I)c(OCC(=O)O)c(I)c1)c1cccc(F)c1. The number of carboxylic acid groups (broad SMARTS) is 1. The molecule has 2 aromatic rings. The molecule has 0 saturated heterocycles. The van der Waals surface area contributed by atoms with Gasteiger partial charge < -0.3 is 9.84 Å². The minimum absolute atomic E-state index is 0.334. The van der Waals surface area contributed by atoms with Crippen LogP contribution in [-0.2, 0) is 4.79 Å². The molecule has 0 saturated carbocycles. The van der Waals surface area contributed by atoms with Crippen molar-refractivity contribution >= 4 is 62.8 Å². The van der Waals surface area contributed by atoms with E-state index < -0.39 is 18.4 Å². The van der Waals surface area contributed by atoms with E-state index in [9.17, 15) is 14.4 Å². The molecule has 0 unspecified atom stereocenters. The molecular weight excluding hydrogens is 539 g/mol. The number of ether oxygens (including phenoxy) is 1. The maximum atomic E-state index is 13.3. The molecule has 0 amide bonds. The molecule has 0 aliphatic heterocycles. The van der Waals surface area contributed by atoms with Crippen molar-refractivity contribution in [2.45, 2.75) is 0 Å². The van der Waals surface area contributed by atoms with Gasteiger partial charge in [0, 0.05) is 0 Å². The summed E-state index contributed by atoms with van der Waals surface area (Å²) >= 11 is 4.08. The zero-order valence-corrected chi connectivity index (χ0v) is 16.4. The van der Waals surface area contributed by atoms with E-state index in [4.69, 9.17) is 9.84 Å². The normalized spacial score (nSPS) is 11.0. The Morgan fingerprint density at radius 2 is 1.96 bits per heavy atom. The van der Waals surface area contributed by atoms with Crippen molar-refractivity contribution in [3.8, 4) is 11.8 Å². The van der Waals surface area contributed by atoms with Crippen LogP contribution in [0.2, 0.25) is 0 Å². The molecule has 0 aliphatic carbocycles. The van der Waals surface area contributed by atoms with E-state index in [-0.39, 0.29) is 0 Å². The third kappa shape index (κ3) is 4.91. The summed E-state index contributed by atoms with van der Waals surface area (Å²) in [7, 11) is 0. The molecule has 0 fully saturated rings. The number of hydrogen-bond acceptors (Lipinski definition) is 3. The van der Waals surface area contributed by atoms with Gasteiger partial charge in [0.25, 0.3) is 0 Å². The van der Waals surface area contributed by atoms with Crippen LogP contribution in [0.3, 0.4) is 0 Å². The van der Waals surface area contributed by atoms with Gasteiger partial charge in [0.1, 0.15) is 11.6 Å². The zero-order chi connectivity index (χ0) is 17.7. The van der Waals surface area contributed by atoms with Gasteiger partial charge in [0.2, 0.25) is 0 Å². The van der Waals surface area contributed by atoms with E-state index >= 15 is 0 Å². The van der Waals surface area contributed by atoms with Gasteiger partial charge in [-0.15, -0.1) is 0 Å². The first-order valence-electron chi connectivity index (χ1n) is 6.62. The number of rotatable bonds is 5. The van der Waals surface area contributed by atoms with Gasteiger partial charge in [-0.25, -0.2) is 9.18 Å². The van der Waals surface area contributed by atoms with Gasteiger partial charge >= 0.3 is 5.97 Å². The lowest BCUT2D eigenvalue weighted by Crippen LogP contribution is -2.11. The minimum atomic E-state index is -1.05. The second-order valence-electron chi connectivity index (χ2n) is 4.68. The molecule has 0 heterocycles. The summed E-state index contributed by atoms with van der Waals surface area (Å²) in [5.74, 6) is -0.973. The first-order chi connectivity index (χ1) is 11.4. The van der Waals surface area contributed by atoms with Gasteiger partial charge in [-0.1, -0.05) is 12.1 Å².